The van der Waals surface area contributed by atoms with Crippen LogP contribution in [0.3, 0.4) is 0 Å². The van der Waals surface area contributed by atoms with Crippen molar-refractivity contribution in [2.24, 2.45) is 0 Å². The number of hydrogen-bond acceptors (Lipinski definition) is 10. The largest absolute Gasteiger partial charge is 0.507 e. The maximum absolute atomic E-state index is 10.9. The SMILES string of the molecule is CC(C)(C)c1ccc(-c2nc(-c3ccc(OCCO)cc3O)nc(-c3ccc(OCCOCCO)cc3O)n2)cc1. The van der Waals surface area contributed by atoms with E-state index in [1.54, 1.807) is 24.3 Å². The number of ether oxygens (including phenoxy) is 3. The highest BCUT2D eigenvalue weighted by atomic mass is 16.5. The summed E-state index contributed by atoms with van der Waals surface area (Å²) in [6, 6.07) is 17.4. The fourth-order valence-electron chi connectivity index (χ4n) is 3.99. The average molecular weight is 562 g/mol. The van der Waals surface area contributed by atoms with Crippen molar-refractivity contribution in [3.8, 4) is 57.2 Å². The van der Waals surface area contributed by atoms with E-state index in [1.807, 2.05) is 24.3 Å². The molecule has 10 nitrogen and oxygen atoms in total. The number of nitrogens with zero attached hydrogens (tertiary/aromatic N) is 3. The monoisotopic (exact) mass is 561 g/mol. The molecule has 10 heteroatoms. The third-order valence-electron chi connectivity index (χ3n) is 6.16. The van der Waals surface area contributed by atoms with Crippen molar-refractivity contribution in [2.45, 2.75) is 26.2 Å². The fourth-order valence-corrected chi connectivity index (χ4v) is 3.99. The second kappa shape index (κ2) is 13.4. The van der Waals surface area contributed by atoms with E-state index in [0.29, 0.717) is 35.1 Å². The van der Waals surface area contributed by atoms with E-state index >= 15 is 0 Å². The number of hydrogen-bond donors (Lipinski definition) is 4. The Morgan fingerprint density at radius 1 is 0.610 bits per heavy atom. The summed E-state index contributed by atoms with van der Waals surface area (Å²) in [4.78, 5) is 13.9. The molecule has 0 saturated heterocycles. The summed E-state index contributed by atoms with van der Waals surface area (Å²) in [6.45, 7) is 7.06. The van der Waals surface area contributed by atoms with Gasteiger partial charge in [-0.1, -0.05) is 45.0 Å². The van der Waals surface area contributed by atoms with E-state index in [0.717, 1.165) is 11.1 Å². The molecule has 3 aromatic carbocycles. The Hall–Kier alpha value is -4.25. The summed E-state index contributed by atoms with van der Waals surface area (Å²) in [6.07, 6.45) is 0. The van der Waals surface area contributed by atoms with E-state index in [-0.39, 0.29) is 61.6 Å². The lowest BCUT2D eigenvalue weighted by Gasteiger charge is -2.19. The van der Waals surface area contributed by atoms with E-state index in [1.165, 1.54) is 12.1 Å². The highest BCUT2D eigenvalue weighted by Crippen LogP contribution is 2.36. The van der Waals surface area contributed by atoms with Gasteiger partial charge in [0.05, 0.1) is 37.6 Å². The van der Waals surface area contributed by atoms with Gasteiger partial charge in [-0.05, 0) is 35.2 Å². The number of phenols is 2. The van der Waals surface area contributed by atoms with Gasteiger partial charge in [0.15, 0.2) is 17.5 Å². The third-order valence-corrected chi connectivity index (χ3v) is 6.16. The van der Waals surface area contributed by atoms with E-state index < -0.39 is 0 Å². The molecule has 1 aromatic heterocycles. The zero-order chi connectivity index (χ0) is 29.4. The van der Waals surface area contributed by atoms with Crippen molar-refractivity contribution in [3.05, 3.63) is 66.2 Å². The first-order valence-corrected chi connectivity index (χ1v) is 13.3. The van der Waals surface area contributed by atoms with Gasteiger partial charge < -0.3 is 34.6 Å². The highest BCUT2D eigenvalue weighted by molar-refractivity contribution is 5.72. The third kappa shape index (κ3) is 7.69. The number of aliphatic hydroxyl groups excluding tert-OH is 2. The van der Waals surface area contributed by atoms with Gasteiger partial charge in [0, 0.05) is 17.7 Å². The van der Waals surface area contributed by atoms with Crippen LogP contribution < -0.4 is 9.47 Å². The van der Waals surface area contributed by atoms with Crippen LogP contribution in [0.5, 0.6) is 23.0 Å². The van der Waals surface area contributed by atoms with E-state index in [9.17, 15) is 10.2 Å². The summed E-state index contributed by atoms with van der Waals surface area (Å²) < 4.78 is 16.2. The Kier molecular flexibility index (Phi) is 9.72. The molecule has 0 amide bonds. The number of rotatable bonds is 12. The van der Waals surface area contributed by atoms with Crippen molar-refractivity contribution in [1.29, 1.82) is 0 Å². The maximum atomic E-state index is 10.9. The van der Waals surface area contributed by atoms with Crippen molar-refractivity contribution in [2.75, 3.05) is 39.6 Å². The summed E-state index contributed by atoms with van der Waals surface area (Å²) >= 11 is 0. The summed E-state index contributed by atoms with van der Waals surface area (Å²) in [7, 11) is 0. The molecule has 0 fully saturated rings. The Bertz CT molecular complexity index is 1450. The van der Waals surface area contributed by atoms with Gasteiger partial charge in [-0.25, -0.2) is 15.0 Å². The van der Waals surface area contributed by atoms with Gasteiger partial charge in [0.2, 0.25) is 0 Å². The molecule has 0 aliphatic rings. The molecular formula is C31H35N3O7. The minimum Gasteiger partial charge on any atom is -0.507 e. The van der Waals surface area contributed by atoms with Gasteiger partial charge in [0.25, 0.3) is 0 Å². The van der Waals surface area contributed by atoms with Crippen LogP contribution >= 0.6 is 0 Å². The first-order valence-electron chi connectivity index (χ1n) is 13.3. The van der Waals surface area contributed by atoms with Gasteiger partial charge in [-0.3, -0.25) is 0 Å². The number of aromatic nitrogens is 3. The van der Waals surface area contributed by atoms with Gasteiger partial charge in [0.1, 0.15) is 36.2 Å². The van der Waals surface area contributed by atoms with Crippen LogP contribution in [-0.4, -0.2) is 75.0 Å². The Morgan fingerprint density at radius 2 is 1.12 bits per heavy atom. The zero-order valence-electron chi connectivity index (χ0n) is 23.4. The summed E-state index contributed by atoms with van der Waals surface area (Å²) in [5.74, 6) is 1.40. The van der Waals surface area contributed by atoms with Gasteiger partial charge in [-0.2, -0.15) is 0 Å². The molecule has 0 atom stereocenters. The molecular weight excluding hydrogens is 526 g/mol. The number of benzene rings is 3. The maximum Gasteiger partial charge on any atom is 0.167 e. The second-order valence-corrected chi connectivity index (χ2v) is 10.2. The van der Waals surface area contributed by atoms with Crippen LogP contribution in [-0.2, 0) is 10.2 Å². The molecule has 4 aromatic rings. The number of aromatic hydroxyl groups is 2. The highest BCUT2D eigenvalue weighted by Gasteiger charge is 2.19. The Balaban J connectivity index is 1.73. The summed E-state index contributed by atoms with van der Waals surface area (Å²) in [5.41, 5.74) is 2.57. The lowest BCUT2D eigenvalue weighted by Crippen LogP contribution is -2.10. The summed E-state index contributed by atoms with van der Waals surface area (Å²) in [5, 5.41) is 39.5. The van der Waals surface area contributed by atoms with E-state index in [4.69, 9.17) is 24.4 Å². The smallest absolute Gasteiger partial charge is 0.167 e. The zero-order valence-corrected chi connectivity index (χ0v) is 23.4. The Morgan fingerprint density at radius 3 is 1.61 bits per heavy atom. The molecule has 0 unspecified atom stereocenters. The molecule has 216 valence electrons. The van der Waals surface area contributed by atoms with Crippen LogP contribution in [0.2, 0.25) is 0 Å². The lowest BCUT2D eigenvalue weighted by atomic mass is 9.87. The van der Waals surface area contributed by atoms with Crippen molar-refractivity contribution in [3.63, 3.8) is 0 Å². The molecule has 0 aliphatic carbocycles. The molecule has 0 aliphatic heterocycles. The van der Waals surface area contributed by atoms with Crippen LogP contribution in [0.1, 0.15) is 26.3 Å². The van der Waals surface area contributed by atoms with Crippen LogP contribution in [0.4, 0.5) is 0 Å². The Labute approximate surface area is 238 Å². The molecule has 4 rings (SSSR count). The minimum atomic E-state index is -0.151. The molecule has 0 saturated carbocycles. The van der Waals surface area contributed by atoms with Crippen molar-refractivity contribution < 1.29 is 34.6 Å². The lowest BCUT2D eigenvalue weighted by molar-refractivity contribution is 0.0705. The molecule has 41 heavy (non-hydrogen) atoms. The molecule has 0 bridgehead atoms. The van der Waals surface area contributed by atoms with Gasteiger partial charge in [-0.15, -0.1) is 0 Å². The van der Waals surface area contributed by atoms with Crippen LogP contribution in [0.25, 0.3) is 34.2 Å². The molecule has 4 N–H and O–H groups in total. The molecule has 0 spiro atoms. The minimum absolute atomic E-state index is 0.0276. The van der Waals surface area contributed by atoms with Crippen molar-refractivity contribution in [1.82, 2.24) is 15.0 Å². The second-order valence-electron chi connectivity index (χ2n) is 10.2. The predicted molar refractivity (Wildman–Crippen MR) is 154 cm³/mol. The normalized spacial score (nSPS) is 11.4. The average Bonchev–Trinajstić information content (AvgIpc) is 2.95. The quantitative estimate of drug-likeness (QED) is 0.184. The first kappa shape index (κ1) is 29.7. The molecule has 1 heterocycles. The first-order chi connectivity index (χ1) is 19.7. The van der Waals surface area contributed by atoms with E-state index in [2.05, 4.69) is 35.7 Å². The fraction of sp³-hybridized carbons (Fsp3) is 0.323. The number of phenolic OH excluding ortho intramolecular Hbond substituents is 2. The van der Waals surface area contributed by atoms with Crippen molar-refractivity contribution >= 4 is 0 Å². The van der Waals surface area contributed by atoms with Crippen LogP contribution in [0.15, 0.2) is 60.7 Å². The standard InChI is InChI=1S/C31H35N3O7/c1-31(2,3)21-6-4-20(5-7-21)28-32-29(24-10-8-22(18-26(24)37)40-15-13-36)34-30(33-28)25-11-9-23(19-27(25)38)41-17-16-39-14-12-35/h4-11,18-19,35-38H,12-17H2,1-3H3. The van der Waals surface area contributed by atoms with Crippen LogP contribution in [0, 0.1) is 0 Å². The van der Waals surface area contributed by atoms with Gasteiger partial charge >= 0.3 is 0 Å². The molecule has 0 radical (unpaired) electrons. The predicted octanol–water partition coefficient (Wildman–Crippen LogP) is 4.34. The number of aliphatic hydroxyl groups is 2. The topological polar surface area (TPSA) is 147 Å².